The van der Waals surface area contributed by atoms with Gasteiger partial charge in [-0.2, -0.15) is 0 Å². The number of rotatable bonds is 6. The van der Waals surface area contributed by atoms with Crippen molar-refractivity contribution in [3.05, 3.63) is 58.9 Å². The highest BCUT2D eigenvalue weighted by Crippen LogP contribution is 2.34. The molecular formula is C29H36N4O. The van der Waals surface area contributed by atoms with E-state index in [0.717, 1.165) is 56.4 Å². The van der Waals surface area contributed by atoms with E-state index >= 15 is 0 Å². The molecule has 3 aliphatic rings. The van der Waals surface area contributed by atoms with Gasteiger partial charge in [-0.05, 0) is 92.3 Å². The van der Waals surface area contributed by atoms with Crippen molar-refractivity contribution < 1.29 is 4.79 Å². The molecule has 1 amide bonds. The Morgan fingerprint density at radius 1 is 1.03 bits per heavy atom. The molecule has 1 aliphatic heterocycles. The Hall–Kier alpha value is -2.66. The highest BCUT2D eigenvalue weighted by molar-refractivity contribution is 5.94. The molecule has 1 saturated carbocycles. The average Bonchev–Trinajstić information content (AvgIpc) is 3.52. The summed E-state index contributed by atoms with van der Waals surface area (Å²) in [6, 6.07) is 13.8. The summed E-state index contributed by atoms with van der Waals surface area (Å²) < 4.78 is 2.54. The highest BCUT2D eigenvalue weighted by atomic mass is 16.2. The molecule has 2 aliphatic carbocycles. The first-order valence-electron chi connectivity index (χ1n) is 13.2. The van der Waals surface area contributed by atoms with E-state index in [2.05, 4.69) is 65.0 Å². The molecule has 1 N–H and O–H groups in total. The van der Waals surface area contributed by atoms with Crippen LogP contribution >= 0.6 is 0 Å². The van der Waals surface area contributed by atoms with Crippen LogP contribution in [0.3, 0.4) is 0 Å². The number of benzene rings is 2. The summed E-state index contributed by atoms with van der Waals surface area (Å²) in [4.78, 5) is 19.7. The van der Waals surface area contributed by atoms with E-state index in [1.807, 2.05) is 0 Å². The lowest BCUT2D eigenvalue weighted by Crippen LogP contribution is -2.38. The number of likely N-dealkylation sites (tertiary alicyclic amines) is 1. The average molecular weight is 457 g/mol. The molecular weight excluding hydrogens is 420 g/mol. The summed E-state index contributed by atoms with van der Waals surface area (Å²) in [5.74, 6) is 2.37. The number of hydrogen-bond acceptors (Lipinski definition) is 3. The van der Waals surface area contributed by atoms with E-state index in [1.165, 1.54) is 47.4 Å². The Balaban J connectivity index is 1.07. The van der Waals surface area contributed by atoms with Gasteiger partial charge in [-0.3, -0.25) is 4.79 Å². The van der Waals surface area contributed by atoms with Crippen LogP contribution < -0.4 is 5.32 Å². The topological polar surface area (TPSA) is 50.2 Å². The minimum Gasteiger partial charge on any atom is -0.326 e. The number of hydrogen-bond donors (Lipinski definition) is 1. The van der Waals surface area contributed by atoms with Gasteiger partial charge < -0.3 is 14.8 Å². The summed E-state index contributed by atoms with van der Waals surface area (Å²) in [5.41, 5.74) is 7.61. The number of carbonyl (C=O) groups is 1. The first kappa shape index (κ1) is 21.8. The molecule has 6 rings (SSSR count). The van der Waals surface area contributed by atoms with Crippen molar-refractivity contribution in [2.45, 2.75) is 64.8 Å². The lowest BCUT2D eigenvalue weighted by Gasteiger charge is -2.35. The van der Waals surface area contributed by atoms with E-state index in [-0.39, 0.29) is 11.8 Å². The molecule has 34 heavy (non-hydrogen) atoms. The number of aryl methyl sites for hydroxylation is 2. The highest BCUT2D eigenvalue weighted by Gasteiger charge is 2.31. The summed E-state index contributed by atoms with van der Waals surface area (Å²) in [5, 5.41) is 3.12. The van der Waals surface area contributed by atoms with Gasteiger partial charge >= 0.3 is 0 Å². The zero-order valence-corrected chi connectivity index (χ0v) is 20.5. The first-order chi connectivity index (χ1) is 16.6. The predicted octanol–water partition coefficient (Wildman–Crippen LogP) is 5.31. The largest absolute Gasteiger partial charge is 0.326 e. The molecule has 2 heterocycles. The fourth-order valence-corrected chi connectivity index (χ4v) is 6.15. The van der Waals surface area contributed by atoms with Crippen LogP contribution in [-0.2, 0) is 24.1 Å². The van der Waals surface area contributed by atoms with Crippen molar-refractivity contribution in [3.63, 3.8) is 0 Å². The van der Waals surface area contributed by atoms with Crippen LogP contribution in [0.1, 0.15) is 61.2 Å². The molecule has 3 aromatic rings. The Kier molecular flexibility index (Phi) is 5.68. The molecule has 1 atom stereocenters. The second-order valence-electron chi connectivity index (χ2n) is 10.8. The number of piperidine rings is 1. The second kappa shape index (κ2) is 8.84. The van der Waals surface area contributed by atoms with Crippen molar-refractivity contribution in [1.29, 1.82) is 0 Å². The second-order valence-corrected chi connectivity index (χ2v) is 10.8. The zero-order chi connectivity index (χ0) is 23.2. The molecule has 1 aromatic heterocycles. The number of carbonyl (C=O) groups excluding carboxylic acids is 1. The first-order valence-corrected chi connectivity index (χ1v) is 13.2. The maximum absolute atomic E-state index is 12.1. The third kappa shape index (κ3) is 4.26. The maximum atomic E-state index is 12.1. The fraction of sp³-hybridized carbons (Fsp3) is 0.517. The van der Waals surface area contributed by atoms with Crippen LogP contribution in [0.15, 0.2) is 36.4 Å². The van der Waals surface area contributed by atoms with E-state index in [1.54, 1.807) is 0 Å². The summed E-state index contributed by atoms with van der Waals surface area (Å²) in [6.45, 7) is 7.87. The van der Waals surface area contributed by atoms with Gasteiger partial charge in [0.1, 0.15) is 5.82 Å². The van der Waals surface area contributed by atoms with Crippen LogP contribution in [-0.4, -0.2) is 40.0 Å². The number of anilines is 1. The molecule has 1 saturated heterocycles. The van der Waals surface area contributed by atoms with Gasteiger partial charge in [-0.25, -0.2) is 4.98 Å². The Morgan fingerprint density at radius 2 is 1.82 bits per heavy atom. The molecule has 5 heteroatoms. The number of nitrogens with one attached hydrogen (secondary N) is 1. The van der Waals surface area contributed by atoms with Gasteiger partial charge in [0, 0.05) is 43.7 Å². The van der Waals surface area contributed by atoms with Gasteiger partial charge in [-0.15, -0.1) is 0 Å². The summed E-state index contributed by atoms with van der Waals surface area (Å²) >= 11 is 0. The normalized spacial score (nSPS) is 21.2. The Morgan fingerprint density at radius 3 is 2.59 bits per heavy atom. The van der Waals surface area contributed by atoms with Crippen LogP contribution in [0.25, 0.3) is 11.0 Å². The number of fused-ring (bicyclic) bond motifs is 2. The standard InChI is InChI=1S/C29H36N4O/c1-3-28-31-26-14-19(2)4-9-27(26)33(28)25-10-12-32(13-11-25)18-20-15-22-7-8-24(17-23(22)16-20)30-29(34)21-5-6-21/h4,7-9,14,17,20-21,25H,3,5-6,10-13,15-16,18H2,1-2H3,(H,30,34). The van der Waals surface area contributed by atoms with Gasteiger partial charge in [0.15, 0.2) is 0 Å². The van der Waals surface area contributed by atoms with E-state index in [4.69, 9.17) is 4.98 Å². The molecule has 0 radical (unpaired) electrons. The van der Waals surface area contributed by atoms with Gasteiger partial charge in [0.2, 0.25) is 5.91 Å². The van der Waals surface area contributed by atoms with Crippen molar-refractivity contribution in [2.24, 2.45) is 11.8 Å². The Labute approximate surface area is 202 Å². The molecule has 5 nitrogen and oxygen atoms in total. The zero-order valence-electron chi connectivity index (χ0n) is 20.5. The van der Waals surface area contributed by atoms with E-state index < -0.39 is 0 Å². The van der Waals surface area contributed by atoms with Crippen molar-refractivity contribution in [2.75, 3.05) is 25.0 Å². The number of nitrogens with zero attached hydrogens (tertiary/aromatic N) is 3. The lowest BCUT2D eigenvalue weighted by atomic mass is 10.0. The molecule has 0 spiro atoms. The number of imidazole rings is 1. The smallest absolute Gasteiger partial charge is 0.227 e. The predicted molar refractivity (Wildman–Crippen MR) is 137 cm³/mol. The molecule has 2 fully saturated rings. The third-order valence-corrected chi connectivity index (χ3v) is 8.11. The lowest BCUT2D eigenvalue weighted by molar-refractivity contribution is -0.117. The van der Waals surface area contributed by atoms with Crippen LogP contribution in [0.5, 0.6) is 0 Å². The van der Waals surface area contributed by atoms with Crippen molar-refractivity contribution >= 4 is 22.6 Å². The van der Waals surface area contributed by atoms with Crippen molar-refractivity contribution in [3.8, 4) is 0 Å². The third-order valence-electron chi connectivity index (χ3n) is 8.11. The fourth-order valence-electron chi connectivity index (χ4n) is 6.15. The van der Waals surface area contributed by atoms with Gasteiger partial charge in [0.25, 0.3) is 0 Å². The van der Waals surface area contributed by atoms with Gasteiger partial charge in [-0.1, -0.05) is 19.1 Å². The van der Waals surface area contributed by atoms with Gasteiger partial charge in [0.05, 0.1) is 11.0 Å². The minimum atomic E-state index is 0.199. The number of aromatic nitrogens is 2. The maximum Gasteiger partial charge on any atom is 0.227 e. The van der Waals surface area contributed by atoms with E-state index in [0.29, 0.717) is 12.0 Å². The monoisotopic (exact) mass is 456 g/mol. The van der Waals surface area contributed by atoms with Crippen LogP contribution in [0, 0.1) is 18.8 Å². The number of amides is 1. The van der Waals surface area contributed by atoms with Crippen molar-refractivity contribution in [1.82, 2.24) is 14.5 Å². The molecule has 1 unspecified atom stereocenters. The SMILES string of the molecule is CCc1nc2cc(C)ccc2n1C1CCN(CC2Cc3ccc(NC(=O)C4CC4)cc3C2)CC1. The minimum absolute atomic E-state index is 0.199. The van der Waals surface area contributed by atoms with Crippen LogP contribution in [0.2, 0.25) is 0 Å². The van der Waals surface area contributed by atoms with E-state index in [9.17, 15) is 4.79 Å². The Bertz CT molecular complexity index is 1220. The quantitative estimate of drug-likeness (QED) is 0.547. The summed E-state index contributed by atoms with van der Waals surface area (Å²) in [7, 11) is 0. The summed E-state index contributed by atoms with van der Waals surface area (Å²) in [6.07, 6.45) is 7.77. The van der Waals surface area contributed by atoms with Crippen LogP contribution in [0.4, 0.5) is 5.69 Å². The molecule has 0 bridgehead atoms. The molecule has 2 aromatic carbocycles. The molecule has 178 valence electrons.